The molecule has 0 spiro atoms. The smallest absolute Gasteiger partial charge is 0.261 e. The van der Waals surface area contributed by atoms with Gasteiger partial charge in [-0.1, -0.05) is 25.1 Å². The van der Waals surface area contributed by atoms with Crippen LogP contribution >= 0.6 is 12.4 Å². The molecule has 2 aromatic rings. The lowest BCUT2D eigenvalue weighted by molar-refractivity contribution is 0.0949. The van der Waals surface area contributed by atoms with Crippen LogP contribution in [0.5, 0.6) is 0 Å². The van der Waals surface area contributed by atoms with Gasteiger partial charge in [0.15, 0.2) is 0 Å². The van der Waals surface area contributed by atoms with Crippen molar-refractivity contribution in [3.05, 3.63) is 46.2 Å². The highest BCUT2D eigenvalue weighted by molar-refractivity contribution is 5.97. The molecule has 5 nitrogen and oxygen atoms in total. The summed E-state index contributed by atoms with van der Waals surface area (Å²) in [7, 11) is 0. The Morgan fingerprint density at radius 2 is 2.05 bits per heavy atom. The number of benzene rings is 1. The SMILES string of the molecule is CCN[C@H](C)CNC(=O)c1cc2ccccc2[nH]c1=O.Cl. The molecule has 2 rings (SSSR count). The van der Waals surface area contributed by atoms with Crippen LogP contribution < -0.4 is 16.2 Å². The van der Waals surface area contributed by atoms with Gasteiger partial charge in [-0.15, -0.1) is 12.4 Å². The summed E-state index contributed by atoms with van der Waals surface area (Å²) in [6.45, 7) is 5.31. The maximum Gasteiger partial charge on any atom is 0.261 e. The molecule has 1 atom stereocenters. The first-order valence-corrected chi connectivity index (χ1v) is 6.75. The summed E-state index contributed by atoms with van der Waals surface area (Å²) in [4.78, 5) is 26.7. The largest absolute Gasteiger partial charge is 0.350 e. The number of halogens is 1. The highest BCUT2D eigenvalue weighted by Crippen LogP contribution is 2.09. The van der Waals surface area contributed by atoms with Crippen molar-refractivity contribution in [3.63, 3.8) is 0 Å². The zero-order chi connectivity index (χ0) is 14.5. The number of para-hydroxylation sites is 1. The summed E-state index contributed by atoms with van der Waals surface area (Å²) in [5.41, 5.74) is 0.514. The average molecular weight is 310 g/mol. The van der Waals surface area contributed by atoms with Crippen molar-refractivity contribution in [2.24, 2.45) is 0 Å². The normalized spacial score (nSPS) is 11.7. The van der Waals surface area contributed by atoms with E-state index in [0.717, 1.165) is 17.4 Å². The molecule has 0 aliphatic heterocycles. The van der Waals surface area contributed by atoms with E-state index in [4.69, 9.17) is 0 Å². The minimum absolute atomic E-state index is 0. The van der Waals surface area contributed by atoms with Crippen molar-refractivity contribution >= 4 is 29.2 Å². The van der Waals surface area contributed by atoms with Gasteiger partial charge in [0.2, 0.25) is 0 Å². The predicted octanol–water partition coefficient (Wildman–Crippen LogP) is 1.68. The molecule has 0 radical (unpaired) electrons. The second kappa shape index (κ2) is 7.81. The molecule has 1 amide bonds. The zero-order valence-corrected chi connectivity index (χ0v) is 12.9. The number of nitrogens with one attached hydrogen (secondary N) is 3. The van der Waals surface area contributed by atoms with Gasteiger partial charge < -0.3 is 15.6 Å². The Morgan fingerprint density at radius 1 is 1.33 bits per heavy atom. The number of H-pyrrole nitrogens is 1. The van der Waals surface area contributed by atoms with E-state index in [1.54, 1.807) is 6.07 Å². The third kappa shape index (κ3) is 4.31. The van der Waals surface area contributed by atoms with Crippen LogP contribution in [0.25, 0.3) is 10.9 Å². The monoisotopic (exact) mass is 309 g/mol. The molecule has 3 N–H and O–H groups in total. The second-order valence-corrected chi connectivity index (χ2v) is 4.77. The summed E-state index contributed by atoms with van der Waals surface area (Å²) >= 11 is 0. The van der Waals surface area contributed by atoms with Crippen LogP contribution in [0.2, 0.25) is 0 Å². The molecular weight excluding hydrogens is 290 g/mol. The van der Waals surface area contributed by atoms with Gasteiger partial charge >= 0.3 is 0 Å². The van der Waals surface area contributed by atoms with E-state index in [9.17, 15) is 9.59 Å². The summed E-state index contributed by atoms with van der Waals surface area (Å²) < 4.78 is 0. The Bertz CT molecular complexity index is 669. The van der Waals surface area contributed by atoms with Crippen molar-refractivity contribution < 1.29 is 4.79 Å². The van der Waals surface area contributed by atoms with Gasteiger partial charge in [-0.3, -0.25) is 9.59 Å². The fourth-order valence-electron chi connectivity index (χ4n) is 2.08. The Labute approximate surface area is 129 Å². The molecule has 6 heteroatoms. The molecule has 21 heavy (non-hydrogen) atoms. The summed E-state index contributed by atoms with van der Waals surface area (Å²) in [6.07, 6.45) is 0. The number of rotatable bonds is 5. The fourth-order valence-corrected chi connectivity index (χ4v) is 2.08. The lowest BCUT2D eigenvalue weighted by Gasteiger charge is -2.13. The number of carbonyl (C=O) groups is 1. The Balaban J connectivity index is 0.00000220. The first-order chi connectivity index (χ1) is 9.61. The number of hydrogen-bond donors (Lipinski definition) is 3. The predicted molar refractivity (Wildman–Crippen MR) is 87.3 cm³/mol. The van der Waals surface area contributed by atoms with Crippen molar-refractivity contribution in [2.45, 2.75) is 19.9 Å². The van der Waals surface area contributed by atoms with E-state index in [2.05, 4.69) is 15.6 Å². The van der Waals surface area contributed by atoms with E-state index >= 15 is 0 Å². The minimum Gasteiger partial charge on any atom is -0.350 e. The molecule has 0 fully saturated rings. The molecule has 0 saturated heterocycles. The Kier molecular flexibility index (Phi) is 6.39. The van der Waals surface area contributed by atoms with Crippen LogP contribution in [0.4, 0.5) is 0 Å². The van der Waals surface area contributed by atoms with Crippen LogP contribution in [0.1, 0.15) is 24.2 Å². The number of amides is 1. The molecule has 1 aromatic heterocycles. The number of pyridine rings is 1. The highest BCUT2D eigenvalue weighted by atomic mass is 35.5. The van der Waals surface area contributed by atoms with Crippen molar-refractivity contribution in [1.29, 1.82) is 0 Å². The van der Waals surface area contributed by atoms with E-state index < -0.39 is 0 Å². The van der Waals surface area contributed by atoms with Gasteiger partial charge in [0.05, 0.1) is 0 Å². The molecule has 114 valence electrons. The van der Waals surface area contributed by atoms with E-state index in [0.29, 0.717) is 6.54 Å². The van der Waals surface area contributed by atoms with Crippen molar-refractivity contribution in [2.75, 3.05) is 13.1 Å². The van der Waals surface area contributed by atoms with Gasteiger partial charge in [-0.25, -0.2) is 0 Å². The molecule has 0 saturated carbocycles. The third-order valence-electron chi connectivity index (χ3n) is 3.12. The van der Waals surface area contributed by atoms with Crippen LogP contribution in [-0.2, 0) is 0 Å². The van der Waals surface area contributed by atoms with Gasteiger partial charge in [0.25, 0.3) is 11.5 Å². The van der Waals surface area contributed by atoms with Gasteiger partial charge in [-0.05, 0) is 31.0 Å². The summed E-state index contributed by atoms with van der Waals surface area (Å²) in [6, 6.07) is 9.19. The molecule has 1 heterocycles. The Morgan fingerprint density at radius 3 is 2.76 bits per heavy atom. The fraction of sp³-hybridized carbons (Fsp3) is 0.333. The minimum atomic E-state index is -0.364. The van der Waals surface area contributed by atoms with Gasteiger partial charge in [0.1, 0.15) is 5.56 Å². The van der Waals surface area contributed by atoms with Gasteiger partial charge in [-0.2, -0.15) is 0 Å². The van der Waals surface area contributed by atoms with E-state index in [-0.39, 0.29) is 35.5 Å². The molecule has 0 aliphatic carbocycles. The van der Waals surface area contributed by atoms with Crippen LogP contribution in [-0.4, -0.2) is 30.0 Å². The van der Waals surface area contributed by atoms with E-state index in [1.165, 1.54) is 0 Å². The first-order valence-electron chi connectivity index (χ1n) is 6.75. The topological polar surface area (TPSA) is 74.0 Å². The molecule has 0 unspecified atom stereocenters. The second-order valence-electron chi connectivity index (χ2n) is 4.77. The summed E-state index contributed by atoms with van der Waals surface area (Å²) in [5, 5.41) is 6.81. The van der Waals surface area contributed by atoms with Crippen LogP contribution in [0.3, 0.4) is 0 Å². The molecular formula is C15H20ClN3O2. The standard InChI is InChI=1S/C15H19N3O2.ClH/c1-3-16-10(2)9-17-14(19)12-8-11-6-4-5-7-13(11)18-15(12)20;/h4-8,10,16H,3,9H2,1-2H3,(H,17,19)(H,18,20);1H/t10-;/m1./s1. The number of carbonyl (C=O) groups excluding carboxylic acids is 1. The number of aromatic nitrogens is 1. The number of fused-ring (bicyclic) bond motifs is 1. The third-order valence-corrected chi connectivity index (χ3v) is 3.12. The number of aromatic amines is 1. The summed E-state index contributed by atoms with van der Waals surface area (Å²) in [5.74, 6) is -0.346. The van der Waals surface area contributed by atoms with Crippen LogP contribution in [0.15, 0.2) is 35.1 Å². The first kappa shape index (κ1) is 17.2. The maximum atomic E-state index is 12.1. The number of likely N-dealkylation sites (N-methyl/N-ethyl adjacent to an activating group) is 1. The quantitative estimate of drug-likeness (QED) is 0.786. The lowest BCUT2D eigenvalue weighted by atomic mass is 10.1. The maximum absolute atomic E-state index is 12.1. The lowest BCUT2D eigenvalue weighted by Crippen LogP contribution is -2.40. The van der Waals surface area contributed by atoms with Crippen molar-refractivity contribution in [1.82, 2.24) is 15.6 Å². The van der Waals surface area contributed by atoms with Crippen LogP contribution in [0, 0.1) is 0 Å². The molecule has 0 aliphatic rings. The Hall–Kier alpha value is -1.85. The number of hydrogen-bond acceptors (Lipinski definition) is 3. The van der Waals surface area contributed by atoms with Crippen molar-refractivity contribution in [3.8, 4) is 0 Å². The molecule has 1 aromatic carbocycles. The highest BCUT2D eigenvalue weighted by Gasteiger charge is 2.12. The van der Waals surface area contributed by atoms with Gasteiger partial charge in [0, 0.05) is 18.1 Å². The molecule has 0 bridgehead atoms. The van der Waals surface area contributed by atoms with E-state index in [1.807, 2.05) is 38.1 Å². The zero-order valence-electron chi connectivity index (χ0n) is 12.1. The average Bonchev–Trinajstić information content (AvgIpc) is 2.44.